The zero-order valence-electron chi connectivity index (χ0n) is 26.5. The molecule has 0 radical (unpaired) electrons. The van der Waals surface area contributed by atoms with E-state index in [1.165, 1.54) is 11.1 Å². The number of nitrogens with one attached hydrogen (secondary N) is 1. The largest absolute Gasteiger partial charge is 0.497 e. The summed E-state index contributed by atoms with van der Waals surface area (Å²) in [6, 6.07) is 18.0. The van der Waals surface area contributed by atoms with E-state index < -0.39 is 11.7 Å². The standard InChI is InChI=1S/C36H43N5O4/c1-5-24(2)34-36-30-14-10-9-13-27(19-31(36)45-30)29(26-11-7-6-8-12-26)21-39(36)22-32-40(34)33(42)23-38(3)41(32)35(43)37-20-25-15-17-28(44-4)18-16-25/h6-19,24,29-32,34H,5,20-23H2,1-4H3,(H,37,43)/b13-9-,14-10-/t24?,29?,30?,31?,32-,34-,36?/m0/s1. The molecular weight excluding hydrogens is 566 g/mol. The van der Waals surface area contributed by atoms with E-state index in [1.807, 2.05) is 31.3 Å². The number of benzene rings is 2. The van der Waals surface area contributed by atoms with Crippen LogP contribution in [0.3, 0.4) is 0 Å². The highest BCUT2D eigenvalue weighted by Gasteiger charge is 2.70. The lowest BCUT2D eigenvalue weighted by Crippen LogP contribution is -2.89. The maximum Gasteiger partial charge on any atom is 0.334 e. The minimum absolute atomic E-state index is 0.0514. The van der Waals surface area contributed by atoms with Gasteiger partial charge in [0.1, 0.15) is 29.7 Å². The average Bonchev–Trinajstić information content (AvgIpc) is 3.14. The molecule has 7 rings (SSSR count). The van der Waals surface area contributed by atoms with Crippen molar-refractivity contribution >= 4 is 11.9 Å². The van der Waals surface area contributed by atoms with Crippen LogP contribution in [0, 0.1) is 5.92 Å². The van der Waals surface area contributed by atoms with Crippen molar-refractivity contribution in [2.75, 3.05) is 33.8 Å². The van der Waals surface area contributed by atoms with Crippen LogP contribution in [-0.4, -0.2) is 95.5 Å². The minimum Gasteiger partial charge on any atom is -0.497 e. The highest BCUT2D eigenvalue weighted by atomic mass is 16.5. The van der Waals surface area contributed by atoms with E-state index in [1.54, 1.807) is 17.1 Å². The van der Waals surface area contributed by atoms with E-state index in [0.717, 1.165) is 24.3 Å². The van der Waals surface area contributed by atoms with Crippen LogP contribution in [-0.2, 0) is 16.1 Å². The Kier molecular flexibility index (Phi) is 7.79. The predicted molar refractivity (Wildman–Crippen MR) is 172 cm³/mol. The molecule has 3 fully saturated rings. The van der Waals surface area contributed by atoms with Crippen LogP contribution in [0.2, 0.25) is 0 Å². The molecule has 1 spiro atoms. The van der Waals surface area contributed by atoms with Crippen LogP contribution in [0.1, 0.15) is 37.3 Å². The van der Waals surface area contributed by atoms with Gasteiger partial charge in [0.05, 0.1) is 19.7 Å². The summed E-state index contributed by atoms with van der Waals surface area (Å²) in [6.07, 6.45) is 11.0. The normalized spacial score (nSPS) is 32.8. The second-order valence-corrected chi connectivity index (χ2v) is 12.9. The predicted octanol–water partition coefficient (Wildman–Crippen LogP) is 4.31. The number of rotatable bonds is 6. The second kappa shape index (κ2) is 11.8. The molecule has 1 N–H and O–H groups in total. The van der Waals surface area contributed by atoms with Crippen LogP contribution in [0.25, 0.3) is 0 Å². The summed E-state index contributed by atoms with van der Waals surface area (Å²) in [7, 11) is 3.48. The highest BCUT2D eigenvalue weighted by Crippen LogP contribution is 2.54. The molecule has 0 saturated carbocycles. The van der Waals surface area contributed by atoms with Gasteiger partial charge in [-0.25, -0.2) is 14.8 Å². The molecule has 5 aliphatic heterocycles. The van der Waals surface area contributed by atoms with Crippen molar-refractivity contribution in [3.05, 3.63) is 102 Å². The Balaban J connectivity index is 1.28. The molecule has 45 heavy (non-hydrogen) atoms. The van der Waals surface area contributed by atoms with Crippen molar-refractivity contribution < 1.29 is 19.1 Å². The van der Waals surface area contributed by atoms with Gasteiger partial charge in [0.15, 0.2) is 0 Å². The van der Waals surface area contributed by atoms with Gasteiger partial charge in [-0.2, -0.15) is 0 Å². The van der Waals surface area contributed by atoms with Crippen molar-refractivity contribution in [3.8, 4) is 5.75 Å². The fraction of sp³-hybridized carbons (Fsp3) is 0.444. The molecule has 0 aromatic heterocycles. The molecule has 9 heteroatoms. The van der Waals surface area contributed by atoms with Gasteiger partial charge in [-0.3, -0.25) is 9.69 Å². The summed E-state index contributed by atoms with van der Waals surface area (Å²) >= 11 is 0. The van der Waals surface area contributed by atoms with Crippen LogP contribution in [0.15, 0.2) is 90.6 Å². The maximum absolute atomic E-state index is 14.1. The number of fused-ring (bicyclic) bond motifs is 2. The first-order valence-corrected chi connectivity index (χ1v) is 16.1. The number of methoxy groups -OCH3 is 1. The summed E-state index contributed by atoms with van der Waals surface area (Å²) in [5.74, 6) is 1.12. The van der Waals surface area contributed by atoms with Crippen molar-refractivity contribution in [1.82, 2.24) is 25.1 Å². The van der Waals surface area contributed by atoms with Crippen molar-refractivity contribution in [1.29, 1.82) is 0 Å². The molecule has 5 unspecified atom stereocenters. The van der Waals surface area contributed by atoms with Crippen LogP contribution < -0.4 is 10.1 Å². The number of amides is 3. The number of ether oxygens (including phenoxy) is 2. The molecule has 9 nitrogen and oxygen atoms in total. The minimum atomic E-state index is -0.459. The van der Waals surface area contributed by atoms with Crippen molar-refractivity contribution in [2.24, 2.45) is 5.92 Å². The smallest absolute Gasteiger partial charge is 0.334 e. The summed E-state index contributed by atoms with van der Waals surface area (Å²) < 4.78 is 12.0. The van der Waals surface area contributed by atoms with E-state index in [4.69, 9.17) is 9.47 Å². The molecule has 236 valence electrons. The Labute approximate surface area is 265 Å². The van der Waals surface area contributed by atoms with Gasteiger partial charge in [0.25, 0.3) is 0 Å². The molecule has 2 aromatic rings. The lowest BCUT2D eigenvalue weighted by atomic mass is 9.65. The Hall–Kier alpha value is -3.92. The Bertz CT molecular complexity index is 1520. The quantitative estimate of drug-likeness (QED) is 0.526. The number of urea groups is 1. The van der Waals surface area contributed by atoms with E-state index in [0.29, 0.717) is 13.1 Å². The first-order chi connectivity index (χ1) is 21.9. The topological polar surface area (TPSA) is 77.6 Å². The molecule has 3 saturated heterocycles. The van der Waals surface area contributed by atoms with E-state index in [-0.39, 0.29) is 48.6 Å². The van der Waals surface area contributed by atoms with E-state index >= 15 is 0 Å². The summed E-state index contributed by atoms with van der Waals surface area (Å²) in [5.41, 5.74) is 3.00. The SMILES string of the molecule is CCC(C)[C@@H]1N2C(=O)CN(C)N(C(=O)NCc3ccc(OC)cc3)[C@H]2CN2CC(c3ccccc3)C3=CC4OC(/C=C\C=C/3)C412. The Morgan fingerprint density at radius 1 is 1.09 bits per heavy atom. The third-order valence-corrected chi connectivity index (χ3v) is 10.6. The fourth-order valence-electron chi connectivity index (χ4n) is 8.25. The number of hydrogen-bond donors (Lipinski definition) is 1. The number of allylic oxidation sites excluding steroid dienone is 3. The van der Waals surface area contributed by atoms with E-state index in [9.17, 15) is 9.59 Å². The molecule has 3 bridgehead atoms. The van der Waals surface area contributed by atoms with Gasteiger partial charge in [-0.1, -0.05) is 87.0 Å². The molecule has 0 aliphatic carbocycles. The van der Waals surface area contributed by atoms with Gasteiger partial charge in [-0.15, -0.1) is 0 Å². The first kappa shape index (κ1) is 29.8. The molecule has 5 heterocycles. The van der Waals surface area contributed by atoms with Crippen LogP contribution in [0.4, 0.5) is 4.79 Å². The Morgan fingerprint density at radius 3 is 2.60 bits per heavy atom. The number of likely N-dealkylation sites (N-methyl/N-ethyl adjacent to an activating group) is 1. The van der Waals surface area contributed by atoms with Gasteiger partial charge in [0, 0.05) is 32.6 Å². The van der Waals surface area contributed by atoms with Gasteiger partial charge >= 0.3 is 6.03 Å². The lowest BCUT2D eigenvalue weighted by molar-refractivity contribution is -0.291. The van der Waals surface area contributed by atoms with Crippen molar-refractivity contribution in [3.63, 3.8) is 0 Å². The molecule has 2 aromatic carbocycles. The molecule has 7 atom stereocenters. The van der Waals surface area contributed by atoms with Gasteiger partial charge < -0.3 is 19.7 Å². The Morgan fingerprint density at radius 2 is 1.87 bits per heavy atom. The number of piperazine rings is 1. The number of carbonyl (C=O) groups is 2. The third-order valence-electron chi connectivity index (χ3n) is 10.6. The number of hydrazine groups is 1. The molecular formula is C36H43N5O4. The zero-order chi connectivity index (χ0) is 31.3. The highest BCUT2D eigenvalue weighted by molar-refractivity contribution is 5.83. The summed E-state index contributed by atoms with van der Waals surface area (Å²) in [4.78, 5) is 32.8. The maximum atomic E-state index is 14.1. The van der Waals surface area contributed by atoms with Gasteiger partial charge in [-0.05, 0) is 40.8 Å². The number of carbonyl (C=O) groups excluding carboxylic acids is 2. The summed E-state index contributed by atoms with van der Waals surface area (Å²) in [5, 5.41) is 6.69. The lowest BCUT2D eigenvalue weighted by Gasteiger charge is -2.70. The van der Waals surface area contributed by atoms with Crippen LogP contribution in [0.5, 0.6) is 5.75 Å². The third kappa shape index (κ3) is 4.80. The molecule has 3 amide bonds. The number of hydrogen-bond acceptors (Lipinski definition) is 6. The first-order valence-electron chi connectivity index (χ1n) is 16.1. The zero-order valence-corrected chi connectivity index (χ0v) is 26.5. The van der Waals surface area contributed by atoms with Gasteiger partial charge in [0.2, 0.25) is 5.91 Å². The summed E-state index contributed by atoms with van der Waals surface area (Å²) in [6.45, 7) is 6.24. The number of nitrogens with zero attached hydrogens (tertiary/aromatic N) is 4. The van der Waals surface area contributed by atoms with Crippen LogP contribution >= 0.6 is 0 Å². The molecule has 5 aliphatic rings. The van der Waals surface area contributed by atoms with E-state index in [2.05, 4.69) is 89.7 Å². The average molecular weight is 610 g/mol. The monoisotopic (exact) mass is 609 g/mol. The van der Waals surface area contributed by atoms with Crippen molar-refractivity contribution in [2.45, 2.75) is 62.7 Å². The fourth-order valence-corrected chi connectivity index (χ4v) is 8.25. The second-order valence-electron chi connectivity index (χ2n) is 12.9.